The molecule has 0 atom stereocenters. The molecule has 2 rings (SSSR count). The van der Waals surface area contributed by atoms with Gasteiger partial charge in [0.1, 0.15) is 0 Å². The minimum atomic E-state index is -0.300. The van der Waals surface area contributed by atoms with Gasteiger partial charge in [-0.2, -0.15) is 0 Å². The van der Waals surface area contributed by atoms with Crippen LogP contribution in [0.2, 0.25) is 0 Å². The van der Waals surface area contributed by atoms with E-state index in [-0.39, 0.29) is 18.2 Å². The summed E-state index contributed by atoms with van der Waals surface area (Å²) >= 11 is 0. The second-order valence-corrected chi connectivity index (χ2v) is 5.24. The fraction of sp³-hybridized carbons (Fsp3) is 0.222. The largest absolute Gasteiger partial charge is 0.337 e. The predicted molar refractivity (Wildman–Crippen MR) is 88.3 cm³/mol. The van der Waals surface area contributed by atoms with Gasteiger partial charge in [-0.1, -0.05) is 48.0 Å². The van der Waals surface area contributed by atoms with Crippen molar-refractivity contribution < 1.29 is 9.59 Å². The first kappa shape index (κ1) is 15.8. The molecule has 0 spiro atoms. The third kappa shape index (κ3) is 4.45. The highest BCUT2D eigenvalue weighted by atomic mass is 16.2. The first-order valence-electron chi connectivity index (χ1n) is 7.26. The number of urea groups is 1. The van der Waals surface area contributed by atoms with E-state index >= 15 is 0 Å². The van der Waals surface area contributed by atoms with Crippen molar-refractivity contribution >= 4 is 17.5 Å². The Bertz CT molecular complexity index is 663. The summed E-state index contributed by atoms with van der Waals surface area (Å²) in [7, 11) is 0. The lowest BCUT2D eigenvalue weighted by molar-refractivity contribution is 0.0984. The van der Waals surface area contributed by atoms with Crippen LogP contribution in [0, 0.1) is 13.8 Å². The topological polar surface area (TPSA) is 58.2 Å². The summed E-state index contributed by atoms with van der Waals surface area (Å²) in [6, 6.07) is 14.7. The number of carbonyl (C=O) groups is 2. The lowest BCUT2D eigenvalue weighted by atomic mass is 10.1. The molecule has 0 saturated carbocycles. The number of anilines is 1. The van der Waals surface area contributed by atoms with Crippen LogP contribution < -0.4 is 10.6 Å². The van der Waals surface area contributed by atoms with E-state index in [1.165, 1.54) is 0 Å². The summed E-state index contributed by atoms with van der Waals surface area (Å²) in [5, 5.41) is 5.47. The maximum absolute atomic E-state index is 12.0. The van der Waals surface area contributed by atoms with E-state index in [1.807, 2.05) is 62.4 Å². The highest BCUT2D eigenvalue weighted by Crippen LogP contribution is 2.12. The molecule has 22 heavy (non-hydrogen) atoms. The number of carbonyl (C=O) groups excluding carboxylic acids is 2. The molecule has 2 amide bonds. The molecule has 0 aliphatic heterocycles. The van der Waals surface area contributed by atoms with Gasteiger partial charge in [0, 0.05) is 24.2 Å². The Morgan fingerprint density at radius 3 is 2.32 bits per heavy atom. The third-order valence-electron chi connectivity index (χ3n) is 3.40. The van der Waals surface area contributed by atoms with Crippen LogP contribution in [0.4, 0.5) is 10.5 Å². The molecule has 0 unspecified atom stereocenters. The highest BCUT2D eigenvalue weighted by molar-refractivity contribution is 5.96. The Balaban J connectivity index is 1.78. The second kappa shape index (κ2) is 7.41. The van der Waals surface area contributed by atoms with Crippen LogP contribution in [0.5, 0.6) is 0 Å². The Labute approximate surface area is 130 Å². The van der Waals surface area contributed by atoms with E-state index in [4.69, 9.17) is 0 Å². The molecular weight excluding hydrogens is 276 g/mol. The van der Waals surface area contributed by atoms with Gasteiger partial charge in [0.2, 0.25) is 0 Å². The number of Topliss-reactive ketones (excluding diaryl/α,β-unsaturated/α-hetero) is 1. The zero-order valence-corrected chi connectivity index (χ0v) is 12.8. The first-order valence-corrected chi connectivity index (χ1v) is 7.26. The van der Waals surface area contributed by atoms with E-state index in [9.17, 15) is 9.59 Å². The molecule has 0 heterocycles. The van der Waals surface area contributed by atoms with Gasteiger partial charge in [-0.25, -0.2) is 4.79 Å². The van der Waals surface area contributed by atoms with Gasteiger partial charge < -0.3 is 10.6 Å². The van der Waals surface area contributed by atoms with Gasteiger partial charge >= 0.3 is 6.03 Å². The number of aryl methyl sites for hydroxylation is 2. The van der Waals surface area contributed by atoms with Gasteiger partial charge in [0.05, 0.1) is 0 Å². The molecule has 114 valence electrons. The van der Waals surface area contributed by atoms with Crippen molar-refractivity contribution in [3.8, 4) is 0 Å². The van der Waals surface area contributed by atoms with Crippen LogP contribution in [0.3, 0.4) is 0 Å². The number of amides is 2. The monoisotopic (exact) mass is 296 g/mol. The van der Waals surface area contributed by atoms with E-state index in [0.29, 0.717) is 12.1 Å². The number of hydrogen-bond acceptors (Lipinski definition) is 2. The molecule has 4 heteroatoms. The fourth-order valence-electron chi connectivity index (χ4n) is 2.05. The standard InChI is InChI=1S/C18H20N2O2/c1-13-7-9-15(10-8-13)17(21)11-12-19-18(22)20-16-6-4-3-5-14(16)2/h3-10H,11-12H2,1-2H3,(H2,19,20,22). The van der Waals surface area contributed by atoms with Crippen LogP contribution in [0.15, 0.2) is 48.5 Å². The van der Waals surface area contributed by atoms with Crippen molar-refractivity contribution in [3.63, 3.8) is 0 Å². The Morgan fingerprint density at radius 1 is 0.955 bits per heavy atom. The molecule has 2 aromatic carbocycles. The zero-order valence-electron chi connectivity index (χ0n) is 12.8. The molecule has 2 N–H and O–H groups in total. The Kier molecular flexibility index (Phi) is 5.31. The molecule has 4 nitrogen and oxygen atoms in total. The van der Waals surface area contributed by atoms with Crippen LogP contribution in [0.1, 0.15) is 27.9 Å². The molecule has 0 aliphatic carbocycles. The van der Waals surface area contributed by atoms with E-state index in [0.717, 1.165) is 16.8 Å². The Hall–Kier alpha value is -2.62. The molecule has 0 aromatic heterocycles. The van der Waals surface area contributed by atoms with Crippen LogP contribution in [-0.4, -0.2) is 18.4 Å². The summed E-state index contributed by atoms with van der Waals surface area (Å²) < 4.78 is 0. The van der Waals surface area contributed by atoms with Gasteiger partial charge in [-0.05, 0) is 25.5 Å². The van der Waals surface area contributed by atoms with Crippen molar-refractivity contribution in [1.82, 2.24) is 5.32 Å². The first-order chi connectivity index (χ1) is 10.6. The smallest absolute Gasteiger partial charge is 0.319 e. The van der Waals surface area contributed by atoms with Crippen molar-refractivity contribution in [2.24, 2.45) is 0 Å². The number of hydrogen-bond donors (Lipinski definition) is 2. The number of nitrogens with one attached hydrogen (secondary N) is 2. The lowest BCUT2D eigenvalue weighted by Crippen LogP contribution is -2.30. The SMILES string of the molecule is Cc1ccc(C(=O)CCNC(=O)Nc2ccccc2C)cc1. The summed E-state index contributed by atoms with van der Waals surface area (Å²) in [5.74, 6) is 0.0243. The molecule has 2 aromatic rings. The minimum absolute atomic E-state index is 0.0243. The van der Waals surface area contributed by atoms with Crippen molar-refractivity contribution in [1.29, 1.82) is 0 Å². The average molecular weight is 296 g/mol. The molecule has 0 bridgehead atoms. The van der Waals surface area contributed by atoms with Crippen molar-refractivity contribution in [3.05, 3.63) is 65.2 Å². The Morgan fingerprint density at radius 2 is 1.64 bits per heavy atom. The van der Waals surface area contributed by atoms with Crippen LogP contribution in [-0.2, 0) is 0 Å². The van der Waals surface area contributed by atoms with Crippen molar-refractivity contribution in [2.75, 3.05) is 11.9 Å². The van der Waals surface area contributed by atoms with E-state index in [2.05, 4.69) is 10.6 Å². The zero-order chi connectivity index (χ0) is 15.9. The number of para-hydroxylation sites is 1. The average Bonchev–Trinajstić information content (AvgIpc) is 2.50. The van der Waals surface area contributed by atoms with E-state index < -0.39 is 0 Å². The fourth-order valence-corrected chi connectivity index (χ4v) is 2.05. The molecule has 0 aliphatic rings. The predicted octanol–water partition coefficient (Wildman–Crippen LogP) is 3.70. The van der Waals surface area contributed by atoms with Crippen LogP contribution >= 0.6 is 0 Å². The maximum atomic E-state index is 12.0. The number of ketones is 1. The summed E-state index contributed by atoms with van der Waals surface area (Å²) in [6.07, 6.45) is 0.282. The van der Waals surface area contributed by atoms with Gasteiger partial charge in [-0.3, -0.25) is 4.79 Å². The van der Waals surface area contributed by atoms with Gasteiger partial charge in [0.15, 0.2) is 5.78 Å². The van der Waals surface area contributed by atoms with E-state index in [1.54, 1.807) is 0 Å². The van der Waals surface area contributed by atoms with Gasteiger partial charge in [-0.15, -0.1) is 0 Å². The summed E-state index contributed by atoms with van der Waals surface area (Å²) in [6.45, 7) is 4.21. The molecule has 0 radical (unpaired) electrons. The van der Waals surface area contributed by atoms with Crippen molar-refractivity contribution in [2.45, 2.75) is 20.3 Å². The normalized spacial score (nSPS) is 10.1. The minimum Gasteiger partial charge on any atom is -0.337 e. The van der Waals surface area contributed by atoms with Crippen LogP contribution in [0.25, 0.3) is 0 Å². The summed E-state index contributed by atoms with van der Waals surface area (Å²) in [4.78, 5) is 23.8. The molecule has 0 fully saturated rings. The highest BCUT2D eigenvalue weighted by Gasteiger charge is 2.07. The van der Waals surface area contributed by atoms with Gasteiger partial charge in [0.25, 0.3) is 0 Å². The molecular formula is C18H20N2O2. The summed E-state index contributed by atoms with van der Waals surface area (Å²) in [5.41, 5.74) is 3.55. The lowest BCUT2D eigenvalue weighted by Gasteiger charge is -2.09. The quantitative estimate of drug-likeness (QED) is 0.827. The maximum Gasteiger partial charge on any atom is 0.319 e. The number of benzene rings is 2. The second-order valence-electron chi connectivity index (χ2n) is 5.24. The molecule has 0 saturated heterocycles. The number of rotatable bonds is 5. The third-order valence-corrected chi connectivity index (χ3v) is 3.40.